The van der Waals surface area contributed by atoms with E-state index in [0.29, 0.717) is 11.1 Å². The van der Waals surface area contributed by atoms with Gasteiger partial charge in [-0.3, -0.25) is 4.79 Å². The molecule has 0 aromatic rings. The molecule has 0 amide bonds. The SMILES string of the molecule is C=C1C(=O)OC2C3=C(C)C(=O)CC(O)C3(C)CCC12. The summed E-state index contributed by atoms with van der Waals surface area (Å²) < 4.78 is 5.42. The predicted octanol–water partition coefficient (Wildman–Crippen LogP) is 1.53. The fourth-order valence-corrected chi connectivity index (χ4v) is 3.80. The number of carbonyl (C=O) groups is 2. The summed E-state index contributed by atoms with van der Waals surface area (Å²) in [6.45, 7) is 7.54. The highest BCUT2D eigenvalue weighted by molar-refractivity contribution is 5.98. The minimum Gasteiger partial charge on any atom is -0.454 e. The summed E-state index contributed by atoms with van der Waals surface area (Å²) in [5.41, 5.74) is 1.52. The zero-order chi connectivity index (χ0) is 13.9. The topological polar surface area (TPSA) is 63.6 Å². The second-order valence-corrected chi connectivity index (χ2v) is 6.10. The smallest absolute Gasteiger partial charge is 0.334 e. The van der Waals surface area contributed by atoms with Gasteiger partial charge in [-0.15, -0.1) is 0 Å². The van der Waals surface area contributed by atoms with E-state index in [1.807, 2.05) is 6.92 Å². The molecule has 0 bridgehead atoms. The summed E-state index contributed by atoms with van der Waals surface area (Å²) in [6.07, 6.45) is 0.599. The molecule has 4 nitrogen and oxygen atoms in total. The van der Waals surface area contributed by atoms with Crippen molar-refractivity contribution in [2.45, 2.75) is 45.3 Å². The van der Waals surface area contributed by atoms with E-state index in [2.05, 4.69) is 6.58 Å². The number of carbonyl (C=O) groups excluding carboxylic acids is 2. The Hall–Kier alpha value is -1.42. The van der Waals surface area contributed by atoms with E-state index in [4.69, 9.17) is 4.74 Å². The number of hydrogen-bond acceptors (Lipinski definition) is 4. The van der Waals surface area contributed by atoms with E-state index < -0.39 is 17.6 Å². The molecule has 4 heteroatoms. The van der Waals surface area contributed by atoms with Crippen LogP contribution in [0.3, 0.4) is 0 Å². The second kappa shape index (κ2) is 3.79. The maximum Gasteiger partial charge on any atom is 0.334 e. The molecule has 19 heavy (non-hydrogen) atoms. The van der Waals surface area contributed by atoms with Gasteiger partial charge in [-0.25, -0.2) is 4.79 Å². The Morgan fingerprint density at radius 1 is 1.42 bits per heavy atom. The van der Waals surface area contributed by atoms with Gasteiger partial charge in [0.05, 0.1) is 6.10 Å². The number of fused-ring (bicyclic) bond motifs is 3. The highest BCUT2D eigenvalue weighted by Gasteiger charge is 2.55. The molecule has 1 N–H and O–H groups in total. The summed E-state index contributed by atoms with van der Waals surface area (Å²) >= 11 is 0. The maximum atomic E-state index is 12.0. The van der Waals surface area contributed by atoms with Crippen LogP contribution in [0.5, 0.6) is 0 Å². The molecule has 0 spiro atoms. The van der Waals surface area contributed by atoms with Crippen LogP contribution in [0.4, 0.5) is 0 Å². The summed E-state index contributed by atoms with van der Waals surface area (Å²) in [5.74, 6) is -0.454. The Balaban J connectivity index is 2.14. The standard InChI is InChI=1S/C15H18O4/c1-7-9-4-5-15(3)11(17)6-10(16)8(2)12(15)13(9)19-14(7)18/h9,11,13,17H,1,4-6H2,2-3H3. The highest BCUT2D eigenvalue weighted by Crippen LogP contribution is 2.54. The molecule has 1 saturated carbocycles. The monoisotopic (exact) mass is 262 g/mol. The Bertz CT molecular complexity index is 530. The van der Waals surface area contributed by atoms with E-state index in [1.54, 1.807) is 6.92 Å². The zero-order valence-electron chi connectivity index (χ0n) is 11.2. The van der Waals surface area contributed by atoms with Gasteiger partial charge in [0.2, 0.25) is 0 Å². The van der Waals surface area contributed by atoms with Crippen molar-refractivity contribution >= 4 is 11.8 Å². The predicted molar refractivity (Wildman–Crippen MR) is 68.2 cm³/mol. The number of rotatable bonds is 0. The van der Waals surface area contributed by atoms with E-state index in [-0.39, 0.29) is 24.1 Å². The van der Waals surface area contributed by atoms with Crippen molar-refractivity contribution in [3.8, 4) is 0 Å². The lowest BCUT2D eigenvalue weighted by Crippen LogP contribution is -2.49. The molecular weight excluding hydrogens is 244 g/mol. The first-order valence-corrected chi connectivity index (χ1v) is 6.68. The van der Waals surface area contributed by atoms with E-state index in [1.165, 1.54) is 0 Å². The first-order chi connectivity index (χ1) is 8.86. The number of aliphatic hydroxyl groups is 1. The molecule has 0 aromatic carbocycles. The first-order valence-electron chi connectivity index (χ1n) is 6.68. The van der Waals surface area contributed by atoms with Crippen LogP contribution < -0.4 is 0 Å². The molecule has 2 aliphatic carbocycles. The summed E-state index contributed by atoms with van der Waals surface area (Å²) in [6, 6.07) is 0. The summed E-state index contributed by atoms with van der Waals surface area (Å²) in [5, 5.41) is 10.3. The van der Waals surface area contributed by atoms with Crippen LogP contribution in [0.2, 0.25) is 0 Å². The molecule has 1 aliphatic heterocycles. The number of Topliss-reactive ketones (excluding diaryl/α,β-unsaturated/α-hetero) is 1. The van der Waals surface area contributed by atoms with Crippen molar-refractivity contribution < 1.29 is 19.4 Å². The van der Waals surface area contributed by atoms with Crippen molar-refractivity contribution in [3.05, 3.63) is 23.3 Å². The normalized spacial score (nSPS) is 42.1. The van der Waals surface area contributed by atoms with Crippen LogP contribution in [0, 0.1) is 11.3 Å². The van der Waals surface area contributed by atoms with E-state index in [9.17, 15) is 14.7 Å². The van der Waals surface area contributed by atoms with Crippen LogP contribution in [-0.4, -0.2) is 29.1 Å². The van der Waals surface area contributed by atoms with Crippen molar-refractivity contribution in [1.29, 1.82) is 0 Å². The van der Waals surface area contributed by atoms with Gasteiger partial charge >= 0.3 is 5.97 Å². The van der Waals surface area contributed by atoms with Gasteiger partial charge in [-0.05, 0) is 30.9 Å². The third kappa shape index (κ3) is 1.49. The van der Waals surface area contributed by atoms with Gasteiger partial charge in [-0.1, -0.05) is 13.5 Å². The van der Waals surface area contributed by atoms with Gasteiger partial charge in [-0.2, -0.15) is 0 Å². The third-order valence-corrected chi connectivity index (χ3v) is 5.12. The first kappa shape index (κ1) is 12.6. The van der Waals surface area contributed by atoms with Gasteiger partial charge in [0.1, 0.15) is 6.10 Å². The molecule has 2 fully saturated rings. The van der Waals surface area contributed by atoms with Crippen LogP contribution in [0.1, 0.15) is 33.1 Å². The number of esters is 1. The molecule has 4 unspecified atom stereocenters. The van der Waals surface area contributed by atoms with Crippen molar-refractivity contribution in [1.82, 2.24) is 0 Å². The third-order valence-electron chi connectivity index (χ3n) is 5.12. The molecule has 1 heterocycles. The van der Waals surface area contributed by atoms with Gasteiger partial charge in [0, 0.05) is 23.3 Å². The Kier molecular flexibility index (Phi) is 2.52. The fraction of sp³-hybridized carbons (Fsp3) is 0.600. The largest absolute Gasteiger partial charge is 0.454 e. The van der Waals surface area contributed by atoms with Crippen LogP contribution in [0.15, 0.2) is 23.3 Å². The number of ketones is 1. The van der Waals surface area contributed by atoms with Crippen molar-refractivity contribution in [2.24, 2.45) is 11.3 Å². The number of allylic oxidation sites excluding steroid dienone is 1. The minimum absolute atomic E-state index is 0.0383. The Morgan fingerprint density at radius 2 is 2.11 bits per heavy atom. The second-order valence-electron chi connectivity index (χ2n) is 6.10. The van der Waals surface area contributed by atoms with E-state index >= 15 is 0 Å². The lowest BCUT2D eigenvalue weighted by molar-refractivity contribution is -0.140. The molecular formula is C15H18O4. The Morgan fingerprint density at radius 3 is 2.79 bits per heavy atom. The maximum absolute atomic E-state index is 12.0. The van der Waals surface area contributed by atoms with Gasteiger partial charge in [0.25, 0.3) is 0 Å². The zero-order valence-corrected chi connectivity index (χ0v) is 11.2. The van der Waals surface area contributed by atoms with Gasteiger partial charge < -0.3 is 9.84 Å². The quantitative estimate of drug-likeness (QED) is 0.531. The molecule has 3 aliphatic rings. The molecule has 3 rings (SSSR count). The van der Waals surface area contributed by atoms with E-state index in [0.717, 1.165) is 18.4 Å². The summed E-state index contributed by atoms with van der Waals surface area (Å²) in [4.78, 5) is 23.7. The molecule has 1 saturated heterocycles. The van der Waals surface area contributed by atoms with Gasteiger partial charge in [0.15, 0.2) is 5.78 Å². The lowest BCUT2D eigenvalue weighted by Gasteiger charge is -2.47. The minimum atomic E-state index is -0.688. The van der Waals surface area contributed by atoms with Crippen LogP contribution in [0.25, 0.3) is 0 Å². The van der Waals surface area contributed by atoms with Crippen molar-refractivity contribution in [2.75, 3.05) is 0 Å². The average molecular weight is 262 g/mol. The number of ether oxygens (including phenoxy) is 1. The molecule has 0 radical (unpaired) electrons. The molecule has 102 valence electrons. The highest BCUT2D eigenvalue weighted by atomic mass is 16.6. The Labute approximate surface area is 112 Å². The van der Waals surface area contributed by atoms with Crippen LogP contribution >= 0.6 is 0 Å². The number of aliphatic hydroxyl groups excluding tert-OH is 1. The average Bonchev–Trinajstić information content (AvgIpc) is 2.63. The molecule has 4 atom stereocenters. The fourth-order valence-electron chi connectivity index (χ4n) is 3.80. The van der Waals surface area contributed by atoms with Crippen molar-refractivity contribution in [3.63, 3.8) is 0 Å². The molecule has 0 aromatic heterocycles. The summed E-state index contributed by atoms with van der Waals surface area (Å²) in [7, 11) is 0. The lowest BCUT2D eigenvalue weighted by atomic mass is 9.58. The number of hydrogen-bond donors (Lipinski definition) is 1. The van der Waals surface area contributed by atoms with Crippen LogP contribution in [-0.2, 0) is 14.3 Å².